The quantitative estimate of drug-likeness (QED) is 0.406. The molecule has 0 aromatic heterocycles. The topological polar surface area (TPSA) is 151 Å². The molecule has 31 heavy (non-hydrogen) atoms. The van der Waals surface area contributed by atoms with Crippen LogP contribution in [-0.4, -0.2) is 67.1 Å². The first kappa shape index (κ1) is 23.0. The highest BCUT2D eigenvalue weighted by atomic mass is 16.5. The number of benzene rings is 1. The number of carbonyl (C=O) groups excluding carboxylic acids is 1. The van der Waals surface area contributed by atoms with Gasteiger partial charge in [0.25, 0.3) is 0 Å². The van der Waals surface area contributed by atoms with E-state index in [4.69, 9.17) is 15.2 Å². The summed E-state index contributed by atoms with van der Waals surface area (Å²) in [5, 5.41) is 22.4. The minimum atomic E-state index is -1.30. The van der Waals surface area contributed by atoms with Gasteiger partial charge in [-0.25, -0.2) is 0 Å². The molecule has 10 heteroatoms. The Balaban J connectivity index is 1.74. The van der Waals surface area contributed by atoms with Crippen LogP contribution in [0.2, 0.25) is 0 Å². The summed E-state index contributed by atoms with van der Waals surface area (Å²) in [5.74, 6) is -5.03. The predicted molar refractivity (Wildman–Crippen MR) is 111 cm³/mol. The summed E-state index contributed by atoms with van der Waals surface area (Å²) in [4.78, 5) is 37.7. The van der Waals surface area contributed by atoms with Crippen LogP contribution in [0.3, 0.4) is 0 Å². The lowest BCUT2D eigenvalue weighted by atomic mass is 9.89. The molecule has 1 amide bonds. The van der Waals surface area contributed by atoms with E-state index in [1.165, 1.54) is 6.07 Å². The van der Waals surface area contributed by atoms with Gasteiger partial charge in [0.15, 0.2) is 6.23 Å². The fraction of sp³-hybridized carbons (Fsp3) is 0.571. The molecule has 170 valence electrons. The molecule has 3 rings (SSSR count). The molecule has 1 saturated heterocycles. The van der Waals surface area contributed by atoms with Gasteiger partial charge in [-0.3, -0.25) is 25.0 Å². The maximum atomic E-state index is 13.3. The highest BCUT2D eigenvalue weighted by Gasteiger charge is 2.45. The monoisotopic (exact) mass is 435 g/mol. The number of ether oxygens (including phenoxy) is 2. The van der Waals surface area contributed by atoms with Crippen LogP contribution in [0.15, 0.2) is 24.3 Å². The Hall–Kier alpha value is -2.69. The van der Waals surface area contributed by atoms with Gasteiger partial charge in [0.05, 0.1) is 18.2 Å². The summed E-state index contributed by atoms with van der Waals surface area (Å²) in [7, 11) is 0. The number of hydrogen-bond acceptors (Lipinski definition) is 7. The summed E-state index contributed by atoms with van der Waals surface area (Å²) in [6.07, 6.45) is 1.65. The van der Waals surface area contributed by atoms with Crippen molar-refractivity contribution in [1.29, 1.82) is 0 Å². The third kappa shape index (κ3) is 5.72. The van der Waals surface area contributed by atoms with Crippen molar-refractivity contribution in [2.75, 3.05) is 37.7 Å². The van der Waals surface area contributed by atoms with Crippen LogP contribution >= 0.6 is 0 Å². The number of para-hydroxylation sites is 2. The zero-order valence-electron chi connectivity index (χ0n) is 17.2. The molecule has 0 spiro atoms. The number of carboxylic acids is 2. The van der Waals surface area contributed by atoms with Crippen molar-refractivity contribution in [2.24, 2.45) is 23.5 Å². The third-order valence-corrected chi connectivity index (χ3v) is 5.79. The summed E-state index contributed by atoms with van der Waals surface area (Å²) in [6, 6.07) is 6.39. The first-order valence-electron chi connectivity index (χ1n) is 10.4. The highest BCUT2D eigenvalue weighted by Crippen LogP contribution is 2.36. The van der Waals surface area contributed by atoms with Gasteiger partial charge >= 0.3 is 11.9 Å². The highest BCUT2D eigenvalue weighted by molar-refractivity contribution is 6.02. The largest absolute Gasteiger partial charge is 0.481 e. The Morgan fingerprint density at radius 1 is 1.26 bits per heavy atom. The van der Waals surface area contributed by atoms with Crippen LogP contribution in [0, 0.1) is 17.8 Å². The summed E-state index contributed by atoms with van der Waals surface area (Å²) >= 11 is 0. The van der Waals surface area contributed by atoms with E-state index >= 15 is 0 Å². The van der Waals surface area contributed by atoms with E-state index in [1.807, 2.05) is 0 Å². The Bertz CT molecular complexity index is 797. The SMILES string of the molecule is NC1Oc2ccccc2N(CC(=O)O)C(=O)[C@H]1[C@@H](COCCC1CCNCC1)C(=O)O. The standard InChI is InChI=1S/C21H29N3O7/c22-19-18(14(21(28)29)12-30-10-7-13-5-8-23-9-6-13)20(27)24(11-17(25)26)15-3-1-2-4-16(15)31-19/h1-4,13-14,18-19,23H,5-12,22H2,(H,25,26)(H,28,29)/t14-,18+,19?/m1/s1. The second kappa shape index (κ2) is 10.6. The van der Waals surface area contributed by atoms with E-state index in [0.29, 0.717) is 12.5 Å². The lowest BCUT2D eigenvalue weighted by molar-refractivity contribution is -0.152. The zero-order valence-corrected chi connectivity index (χ0v) is 17.2. The van der Waals surface area contributed by atoms with Crippen molar-refractivity contribution in [1.82, 2.24) is 5.32 Å². The van der Waals surface area contributed by atoms with Gasteiger partial charge in [0.1, 0.15) is 18.2 Å². The third-order valence-electron chi connectivity index (χ3n) is 5.79. The molecule has 10 nitrogen and oxygen atoms in total. The van der Waals surface area contributed by atoms with Crippen LogP contribution in [0.5, 0.6) is 5.75 Å². The van der Waals surface area contributed by atoms with Crippen molar-refractivity contribution in [3.05, 3.63) is 24.3 Å². The Kier molecular flexibility index (Phi) is 7.83. The molecular formula is C21H29N3O7. The van der Waals surface area contributed by atoms with Gasteiger partial charge in [0, 0.05) is 6.61 Å². The molecule has 1 unspecified atom stereocenters. The molecule has 3 atom stereocenters. The first-order chi connectivity index (χ1) is 14.9. The van der Waals surface area contributed by atoms with Gasteiger partial charge in [-0.05, 0) is 50.4 Å². The van der Waals surface area contributed by atoms with Crippen molar-refractivity contribution < 1.29 is 34.1 Å². The average molecular weight is 435 g/mol. The molecule has 5 N–H and O–H groups in total. The normalized spacial score (nSPS) is 22.9. The summed E-state index contributed by atoms with van der Waals surface area (Å²) in [5.41, 5.74) is 6.33. The van der Waals surface area contributed by atoms with Gasteiger partial charge in [-0.2, -0.15) is 0 Å². The predicted octanol–water partition coefficient (Wildman–Crippen LogP) is 0.505. The van der Waals surface area contributed by atoms with Gasteiger partial charge in [0.2, 0.25) is 5.91 Å². The number of piperidine rings is 1. The van der Waals surface area contributed by atoms with Gasteiger partial charge < -0.3 is 25.0 Å². The van der Waals surface area contributed by atoms with Crippen molar-refractivity contribution in [3.63, 3.8) is 0 Å². The lowest BCUT2D eigenvalue weighted by Gasteiger charge is -2.28. The molecule has 1 aromatic rings. The van der Waals surface area contributed by atoms with Crippen molar-refractivity contribution in [3.8, 4) is 5.75 Å². The minimum absolute atomic E-state index is 0.217. The van der Waals surface area contributed by atoms with Crippen LogP contribution in [0.25, 0.3) is 0 Å². The lowest BCUT2D eigenvalue weighted by Crippen LogP contribution is -2.52. The number of amides is 1. The van der Waals surface area contributed by atoms with Crippen LogP contribution in [-0.2, 0) is 19.1 Å². The second-order valence-corrected chi connectivity index (χ2v) is 7.90. The summed E-state index contributed by atoms with van der Waals surface area (Å²) in [6.45, 7) is 1.46. The molecule has 2 heterocycles. The number of hydrogen-bond donors (Lipinski definition) is 4. The summed E-state index contributed by atoms with van der Waals surface area (Å²) < 4.78 is 11.3. The number of aliphatic carboxylic acids is 2. The molecule has 1 aromatic carbocycles. The molecule has 0 aliphatic carbocycles. The number of fused-ring (bicyclic) bond motifs is 1. The fourth-order valence-electron chi connectivity index (χ4n) is 4.10. The number of nitrogens with zero attached hydrogens (tertiary/aromatic N) is 1. The minimum Gasteiger partial charge on any atom is -0.481 e. The fourth-order valence-corrected chi connectivity index (χ4v) is 4.10. The average Bonchev–Trinajstić information content (AvgIpc) is 2.83. The number of nitrogens with one attached hydrogen (secondary N) is 1. The van der Waals surface area contributed by atoms with Crippen LogP contribution < -0.4 is 20.7 Å². The number of anilines is 1. The van der Waals surface area contributed by atoms with E-state index in [2.05, 4.69) is 5.32 Å². The molecule has 2 aliphatic rings. The molecule has 1 fully saturated rings. The molecular weight excluding hydrogens is 406 g/mol. The molecule has 0 saturated carbocycles. The van der Waals surface area contributed by atoms with Crippen molar-refractivity contribution in [2.45, 2.75) is 25.5 Å². The molecule has 0 bridgehead atoms. The zero-order chi connectivity index (χ0) is 22.4. The number of carboxylic acid groups (broad SMARTS) is 2. The Morgan fingerprint density at radius 2 is 1.97 bits per heavy atom. The number of rotatable bonds is 9. The second-order valence-electron chi connectivity index (χ2n) is 7.90. The molecule has 2 aliphatic heterocycles. The van der Waals surface area contributed by atoms with E-state index < -0.39 is 42.5 Å². The molecule has 0 radical (unpaired) electrons. The van der Waals surface area contributed by atoms with Gasteiger partial charge in [-0.1, -0.05) is 12.1 Å². The van der Waals surface area contributed by atoms with Crippen LogP contribution in [0.1, 0.15) is 19.3 Å². The van der Waals surface area contributed by atoms with E-state index in [-0.39, 0.29) is 18.0 Å². The first-order valence-corrected chi connectivity index (χ1v) is 10.4. The number of nitrogens with two attached hydrogens (primary N) is 1. The van der Waals surface area contributed by atoms with Gasteiger partial charge in [-0.15, -0.1) is 0 Å². The van der Waals surface area contributed by atoms with E-state index in [1.54, 1.807) is 18.2 Å². The maximum Gasteiger partial charge on any atom is 0.323 e. The van der Waals surface area contributed by atoms with E-state index in [0.717, 1.165) is 37.3 Å². The smallest absolute Gasteiger partial charge is 0.323 e. The Morgan fingerprint density at radius 3 is 2.65 bits per heavy atom. The Labute approximate surface area is 180 Å². The van der Waals surface area contributed by atoms with Crippen LogP contribution in [0.4, 0.5) is 5.69 Å². The number of carbonyl (C=O) groups is 3. The maximum absolute atomic E-state index is 13.3. The van der Waals surface area contributed by atoms with Crippen molar-refractivity contribution >= 4 is 23.5 Å². The van der Waals surface area contributed by atoms with E-state index in [9.17, 15) is 24.6 Å².